The molecule has 0 spiro atoms. The third-order valence-electron chi connectivity index (χ3n) is 2.72. The standard InChI is InChI=1S/C13H22N2O3/c1-5-8-14(9-6-2)13(18)15(10-12(16)17)11(4)7-3/h1,11H,6-10H2,2-4H3,(H,16,17). The summed E-state index contributed by atoms with van der Waals surface area (Å²) < 4.78 is 0. The Labute approximate surface area is 109 Å². The van der Waals surface area contributed by atoms with Crippen molar-refractivity contribution in [1.29, 1.82) is 0 Å². The molecular weight excluding hydrogens is 232 g/mol. The Morgan fingerprint density at radius 2 is 2.00 bits per heavy atom. The second-order valence-corrected chi connectivity index (χ2v) is 4.19. The number of nitrogens with zero attached hydrogens (tertiary/aromatic N) is 2. The minimum atomic E-state index is -1.01. The van der Waals surface area contributed by atoms with Gasteiger partial charge in [0, 0.05) is 12.6 Å². The van der Waals surface area contributed by atoms with Crippen molar-refractivity contribution < 1.29 is 14.7 Å². The molecule has 0 aliphatic heterocycles. The molecule has 0 heterocycles. The highest BCUT2D eigenvalue weighted by atomic mass is 16.4. The maximum absolute atomic E-state index is 12.3. The highest BCUT2D eigenvalue weighted by molar-refractivity contribution is 5.80. The fraction of sp³-hybridized carbons (Fsp3) is 0.692. The molecule has 0 aliphatic rings. The monoisotopic (exact) mass is 254 g/mol. The Morgan fingerprint density at radius 1 is 1.39 bits per heavy atom. The zero-order valence-corrected chi connectivity index (χ0v) is 11.3. The minimum absolute atomic E-state index is 0.120. The first-order valence-corrected chi connectivity index (χ1v) is 6.18. The third-order valence-corrected chi connectivity index (χ3v) is 2.72. The Hall–Kier alpha value is -1.70. The largest absolute Gasteiger partial charge is 0.480 e. The molecule has 0 aromatic rings. The Balaban J connectivity index is 4.90. The second-order valence-electron chi connectivity index (χ2n) is 4.19. The number of carbonyl (C=O) groups excluding carboxylic acids is 1. The van der Waals surface area contributed by atoms with Gasteiger partial charge in [-0.25, -0.2) is 4.79 Å². The van der Waals surface area contributed by atoms with Gasteiger partial charge in [-0.1, -0.05) is 19.8 Å². The van der Waals surface area contributed by atoms with E-state index in [1.54, 1.807) is 0 Å². The normalized spacial score (nSPS) is 11.4. The molecule has 0 fully saturated rings. The lowest BCUT2D eigenvalue weighted by Gasteiger charge is -2.32. The molecule has 5 heteroatoms. The number of terminal acetylenes is 1. The number of carboxylic acids is 1. The number of carbonyl (C=O) groups is 2. The zero-order valence-electron chi connectivity index (χ0n) is 11.3. The lowest BCUT2D eigenvalue weighted by Crippen LogP contribution is -2.49. The highest BCUT2D eigenvalue weighted by Gasteiger charge is 2.25. The van der Waals surface area contributed by atoms with Crippen LogP contribution in [-0.2, 0) is 4.79 Å². The third kappa shape index (κ3) is 5.09. The summed E-state index contributed by atoms with van der Waals surface area (Å²) in [5.74, 6) is 1.42. The molecule has 102 valence electrons. The maximum atomic E-state index is 12.3. The van der Waals surface area contributed by atoms with Gasteiger partial charge >= 0.3 is 12.0 Å². The van der Waals surface area contributed by atoms with Gasteiger partial charge in [-0.15, -0.1) is 6.42 Å². The van der Waals surface area contributed by atoms with Crippen LogP contribution in [0.2, 0.25) is 0 Å². The van der Waals surface area contributed by atoms with Gasteiger partial charge in [0.1, 0.15) is 6.54 Å². The smallest absolute Gasteiger partial charge is 0.323 e. The molecule has 0 aliphatic carbocycles. The Morgan fingerprint density at radius 3 is 2.39 bits per heavy atom. The van der Waals surface area contributed by atoms with Crippen LogP contribution in [0.4, 0.5) is 4.79 Å². The van der Waals surface area contributed by atoms with Gasteiger partial charge in [-0.2, -0.15) is 0 Å². The van der Waals surface area contributed by atoms with Crippen LogP contribution in [0.1, 0.15) is 33.6 Å². The van der Waals surface area contributed by atoms with Crippen LogP contribution in [0.15, 0.2) is 0 Å². The van der Waals surface area contributed by atoms with E-state index in [1.807, 2.05) is 20.8 Å². The topological polar surface area (TPSA) is 60.9 Å². The van der Waals surface area contributed by atoms with Crippen LogP contribution in [0.25, 0.3) is 0 Å². The van der Waals surface area contributed by atoms with E-state index in [0.29, 0.717) is 13.0 Å². The van der Waals surface area contributed by atoms with E-state index in [-0.39, 0.29) is 25.2 Å². The summed E-state index contributed by atoms with van der Waals surface area (Å²) in [5.41, 5.74) is 0. The van der Waals surface area contributed by atoms with Crippen molar-refractivity contribution >= 4 is 12.0 Å². The van der Waals surface area contributed by atoms with Gasteiger partial charge in [0.05, 0.1) is 6.54 Å². The summed E-state index contributed by atoms with van der Waals surface area (Å²) in [6.45, 7) is 6.15. The van der Waals surface area contributed by atoms with Gasteiger partial charge in [-0.3, -0.25) is 4.79 Å². The van der Waals surface area contributed by atoms with E-state index >= 15 is 0 Å². The fourth-order valence-electron chi connectivity index (χ4n) is 1.58. The molecule has 0 radical (unpaired) electrons. The molecule has 5 nitrogen and oxygen atoms in total. The van der Waals surface area contributed by atoms with Crippen LogP contribution >= 0.6 is 0 Å². The van der Waals surface area contributed by atoms with Crippen LogP contribution in [0.3, 0.4) is 0 Å². The van der Waals surface area contributed by atoms with Gasteiger partial charge in [0.15, 0.2) is 0 Å². The second kappa shape index (κ2) is 8.40. The molecule has 0 saturated carbocycles. The first-order valence-electron chi connectivity index (χ1n) is 6.18. The van der Waals surface area contributed by atoms with Crippen molar-refractivity contribution in [3.05, 3.63) is 0 Å². The summed E-state index contributed by atoms with van der Waals surface area (Å²) in [6.07, 6.45) is 6.72. The lowest BCUT2D eigenvalue weighted by molar-refractivity contribution is -0.138. The first-order chi connectivity index (χ1) is 8.47. The molecule has 0 aromatic heterocycles. The molecule has 0 bridgehead atoms. The van der Waals surface area contributed by atoms with Gasteiger partial charge in [-0.05, 0) is 19.8 Å². The van der Waals surface area contributed by atoms with Crippen LogP contribution in [0, 0.1) is 12.3 Å². The van der Waals surface area contributed by atoms with E-state index in [0.717, 1.165) is 6.42 Å². The SMILES string of the molecule is C#CCN(CCC)C(=O)N(CC(=O)O)C(C)CC. The van der Waals surface area contributed by atoms with Gasteiger partial charge in [0.2, 0.25) is 0 Å². The van der Waals surface area contributed by atoms with Crippen LogP contribution < -0.4 is 0 Å². The number of hydrogen-bond acceptors (Lipinski definition) is 2. The molecule has 0 saturated heterocycles. The van der Waals surface area contributed by atoms with Crippen LogP contribution in [-0.4, -0.2) is 52.6 Å². The molecule has 2 amide bonds. The maximum Gasteiger partial charge on any atom is 0.323 e. The van der Waals surface area contributed by atoms with E-state index in [4.69, 9.17) is 11.5 Å². The average molecular weight is 254 g/mol. The average Bonchev–Trinajstić information content (AvgIpc) is 2.33. The number of urea groups is 1. The van der Waals surface area contributed by atoms with E-state index in [2.05, 4.69) is 5.92 Å². The molecule has 1 atom stereocenters. The fourth-order valence-corrected chi connectivity index (χ4v) is 1.58. The summed E-state index contributed by atoms with van der Waals surface area (Å²) >= 11 is 0. The first kappa shape index (κ1) is 16.3. The van der Waals surface area contributed by atoms with Crippen molar-refractivity contribution in [2.24, 2.45) is 0 Å². The quantitative estimate of drug-likeness (QED) is 0.702. The summed E-state index contributed by atoms with van der Waals surface area (Å²) in [6, 6.07) is -0.419. The number of aliphatic carboxylic acids is 1. The zero-order chi connectivity index (χ0) is 14.1. The molecule has 1 N–H and O–H groups in total. The highest BCUT2D eigenvalue weighted by Crippen LogP contribution is 2.08. The Kier molecular flexibility index (Phi) is 7.61. The molecule has 1 unspecified atom stereocenters. The predicted octanol–water partition coefficient (Wildman–Crippen LogP) is 1.64. The molecule has 18 heavy (non-hydrogen) atoms. The Bertz CT molecular complexity index is 323. The van der Waals surface area contributed by atoms with Gasteiger partial charge < -0.3 is 14.9 Å². The summed E-state index contributed by atoms with van der Waals surface area (Å²) in [5, 5.41) is 8.87. The summed E-state index contributed by atoms with van der Waals surface area (Å²) in [7, 11) is 0. The van der Waals surface area contributed by atoms with Crippen molar-refractivity contribution in [1.82, 2.24) is 9.80 Å². The van der Waals surface area contributed by atoms with Crippen molar-refractivity contribution in [3.8, 4) is 12.3 Å². The lowest BCUT2D eigenvalue weighted by atomic mass is 10.2. The molecule has 0 rings (SSSR count). The predicted molar refractivity (Wildman–Crippen MR) is 70.2 cm³/mol. The molecule has 0 aromatic carbocycles. The number of rotatable bonds is 7. The minimum Gasteiger partial charge on any atom is -0.480 e. The van der Waals surface area contributed by atoms with E-state index < -0.39 is 5.97 Å². The summed E-state index contributed by atoms with van der Waals surface area (Å²) in [4.78, 5) is 25.9. The van der Waals surface area contributed by atoms with Crippen molar-refractivity contribution in [2.45, 2.75) is 39.7 Å². The number of carboxylic acid groups (broad SMARTS) is 1. The van der Waals surface area contributed by atoms with Crippen molar-refractivity contribution in [2.75, 3.05) is 19.6 Å². The van der Waals surface area contributed by atoms with Gasteiger partial charge in [0.25, 0.3) is 0 Å². The van der Waals surface area contributed by atoms with E-state index in [1.165, 1.54) is 9.80 Å². The molecular formula is C13H22N2O3. The number of hydrogen-bond donors (Lipinski definition) is 1. The van der Waals surface area contributed by atoms with E-state index in [9.17, 15) is 9.59 Å². The van der Waals surface area contributed by atoms with Crippen LogP contribution in [0.5, 0.6) is 0 Å². The van der Waals surface area contributed by atoms with Crippen molar-refractivity contribution in [3.63, 3.8) is 0 Å². The number of amides is 2.